The molecule has 0 bridgehead atoms. The number of aryl methyl sites for hydroxylation is 2. The molecule has 3 aromatic rings. The number of aromatic nitrogens is 2. The van der Waals surface area contributed by atoms with Gasteiger partial charge in [0.2, 0.25) is 0 Å². The van der Waals surface area contributed by atoms with Crippen molar-refractivity contribution in [2.75, 3.05) is 27.3 Å². The molecule has 0 aliphatic carbocycles. The molecular weight excluding hydrogens is 278 g/mol. The van der Waals surface area contributed by atoms with Crippen LogP contribution in [0.3, 0.4) is 0 Å². The van der Waals surface area contributed by atoms with E-state index in [9.17, 15) is 4.79 Å². The monoisotopic (exact) mass is 299 g/mol. The Labute approximate surface area is 129 Å². The molecule has 1 aromatic carbocycles. The summed E-state index contributed by atoms with van der Waals surface area (Å²) in [4.78, 5) is 14.3. The van der Waals surface area contributed by atoms with E-state index in [1.54, 1.807) is 19.1 Å². The Hall–Kier alpha value is -2.27. The minimum atomic E-state index is 0.0137. The minimum absolute atomic E-state index is 0.0137. The first-order valence-electron chi connectivity index (χ1n) is 7.33. The first-order chi connectivity index (χ1) is 10.6. The van der Waals surface area contributed by atoms with Gasteiger partial charge in [0.05, 0.1) is 23.2 Å². The van der Waals surface area contributed by atoms with Crippen molar-refractivity contribution < 1.29 is 9.53 Å². The van der Waals surface area contributed by atoms with Gasteiger partial charge in [0, 0.05) is 40.2 Å². The molecule has 2 heterocycles. The van der Waals surface area contributed by atoms with Crippen molar-refractivity contribution in [1.82, 2.24) is 14.0 Å². The number of rotatable bonds is 4. The van der Waals surface area contributed by atoms with E-state index in [1.165, 1.54) is 10.9 Å². The molecule has 22 heavy (non-hydrogen) atoms. The average molecular weight is 299 g/mol. The molecule has 0 fully saturated rings. The number of benzene rings is 1. The maximum Gasteiger partial charge on any atom is 0.270 e. The fourth-order valence-electron chi connectivity index (χ4n) is 2.99. The second-order valence-corrected chi connectivity index (χ2v) is 5.62. The molecule has 0 saturated heterocycles. The van der Waals surface area contributed by atoms with Crippen LogP contribution in [0.15, 0.2) is 30.3 Å². The predicted octanol–water partition coefficient (Wildman–Crippen LogP) is 2.39. The summed E-state index contributed by atoms with van der Waals surface area (Å²) in [5, 5.41) is 1.17. The third-order valence-electron chi connectivity index (χ3n) is 4.29. The molecular formula is C17H21N3O2. The average Bonchev–Trinajstić information content (AvgIpc) is 3.01. The lowest BCUT2D eigenvalue weighted by molar-refractivity contribution is 0.0735. The van der Waals surface area contributed by atoms with E-state index in [0.29, 0.717) is 18.8 Å². The molecule has 0 N–H and O–H groups in total. The fourth-order valence-corrected chi connectivity index (χ4v) is 2.99. The summed E-state index contributed by atoms with van der Waals surface area (Å²) in [5.74, 6) is 0.0137. The smallest absolute Gasteiger partial charge is 0.270 e. The molecule has 5 nitrogen and oxygen atoms in total. The van der Waals surface area contributed by atoms with E-state index in [0.717, 1.165) is 11.0 Å². The van der Waals surface area contributed by atoms with Crippen molar-refractivity contribution in [2.45, 2.75) is 0 Å². The number of carbonyl (C=O) groups is 1. The Balaban J connectivity index is 2.11. The van der Waals surface area contributed by atoms with Gasteiger partial charge in [0.1, 0.15) is 5.69 Å². The Morgan fingerprint density at radius 3 is 2.64 bits per heavy atom. The van der Waals surface area contributed by atoms with Crippen molar-refractivity contribution in [3.8, 4) is 0 Å². The number of carbonyl (C=O) groups excluding carboxylic acids is 1. The third kappa shape index (κ3) is 2.09. The number of hydrogen-bond acceptors (Lipinski definition) is 2. The van der Waals surface area contributed by atoms with Gasteiger partial charge < -0.3 is 18.8 Å². The van der Waals surface area contributed by atoms with E-state index in [1.807, 2.05) is 36.9 Å². The number of fused-ring (bicyclic) bond motifs is 3. The summed E-state index contributed by atoms with van der Waals surface area (Å²) >= 11 is 0. The van der Waals surface area contributed by atoms with Crippen molar-refractivity contribution >= 4 is 27.8 Å². The number of nitrogens with zero attached hydrogens (tertiary/aromatic N) is 3. The standard InChI is InChI=1S/C17H21N3O2/c1-18(9-10-22-4)17(21)15-11-14-16(20(15)3)12-7-5-6-8-13(12)19(14)2/h5-8,11H,9-10H2,1-4H3. The number of amides is 1. The number of methoxy groups -OCH3 is 1. The SMILES string of the molecule is COCCN(C)C(=O)c1cc2c(c3ccccc3n2C)n1C. The van der Waals surface area contributed by atoms with Gasteiger partial charge in [-0.2, -0.15) is 0 Å². The van der Waals surface area contributed by atoms with Crippen LogP contribution >= 0.6 is 0 Å². The van der Waals surface area contributed by atoms with Gasteiger partial charge in [0.15, 0.2) is 0 Å². The van der Waals surface area contributed by atoms with E-state index >= 15 is 0 Å². The Bertz CT molecular complexity index is 844. The zero-order valence-electron chi connectivity index (χ0n) is 13.5. The lowest BCUT2D eigenvalue weighted by Gasteiger charge is -2.17. The van der Waals surface area contributed by atoms with E-state index in [4.69, 9.17) is 4.74 Å². The fraction of sp³-hybridized carbons (Fsp3) is 0.353. The van der Waals surface area contributed by atoms with Crippen LogP contribution in [-0.2, 0) is 18.8 Å². The summed E-state index contributed by atoms with van der Waals surface area (Å²) in [6, 6.07) is 10.2. The van der Waals surface area contributed by atoms with Gasteiger partial charge >= 0.3 is 0 Å². The molecule has 0 spiro atoms. The number of para-hydroxylation sites is 1. The second kappa shape index (κ2) is 5.50. The molecule has 2 aromatic heterocycles. The quantitative estimate of drug-likeness (QED) is 0.742. The number of ether oxygens (including phenoxy) is 1. The third-order valence-corrected chi connectivity index (χ3v) is 4.29. The molecule has 0 aliphatic heterocycles. The molecule has 3 rings (SSSR count). The molecule has 0 unspecified atom stereocenters. The highest BCUT2D eigenvalue weighted by Gasteiger charge is 2.20. The van der Waals surface area contributed by atoms with Crippen LogP contribution < -0.4 is 0 Å². The van der Waals surface area contributed by atoms with Crippen LogP contribution in [0.4, 0.5) is 0 Å². The van der Waals surface area contributed by atoms with Crippen LogP contribution in [0.2, 0.25) is 0 Å². The number of hydrogen-bond donors (Lipinski definition) is 0. The first kappa shape index (κ1) is 14.7. The highest BCUT2D eigenvalue weighted by molar-refractivity contribution is 6.10. The van der Waals surface area contributed by atoms with Crippen molar-refractivity contribution in [3.05, 3.63) is 36.0 Å². The summed E-state index contributed by atoms with van der Waals surface area (Å²) < 4.78 is 9.17. The molecule has 0 aliphatic rings. The Kier molecular flexibility index (Phi) is 3.66. The van der Waals surface area contributed by atoms with E-state index in [2.05, 4.69) is 16.7 Å². The number of likely N-dealkylation sites (N-methyl/N-ethyl adjacent to an activating group) is 1. The highest BCUT2D eigenvalue weighted by Crippen LogP contribution is 2.30. The molecule has 0 atom stereocenters. The van der Waals surface area contributed by atoms with Gasteiger partial charge in [-0.05, 0) is 12.1 Å². The van der Waals surface area contributed by atoms with Gasteiger partial charge in [-0.15, -0.1) is 0 Å². The Morgan fingerprint density at radius 2 is 1.91 bits per heavy atom. The van der Waals surface area contributed by atoms with Gasteiger partial charge in [-0.1, -0.05) is 18.2 Å². The lowest BCUT2D eigenvalue weighted by Crippen LogP contribution is -2.31. The van der Waals surface area contributed by atoms with Gasteiger partial charge in [0.25, 0.3) is 5.91 Å². The maximum absolute atomic E-state index is 12.6. The van der Waals surface area contributed by atoms with Crippen LogP contribution in [0, 0.1) is 0 Å². The zero-order chi connectivity index (χ0) is 15.9. The van der Waals surface area contributed by atoms with Crippen molar-refractivity contribution in [3.63, 3.8) is 0 Å². The van der Waals surface area contributed by atoms with Crippen LogP contribution in [0.5, 0.6) is 0 Å². The molecule has 0 saturated carbocycles. The largest absolute Gasteiger partial charge is 0.383 e. The molecule has 5 heteroatoms. The molecule has 1 amide bonds. The summed E-state index contributed by atoms with van der Waals surface area (Å²) in [7, 11) is 7.43. The van der Waals surface area contributed by atoms with E-state index < -0.39 is 0 Å². The summed E-state index contributed by atoms with van der Waals surface area (Å²) in [5.41, 5.74) is 4.05. The predicted molar refractivity (Wildman–Crippen MR) is 88.2 cm³/mol. The van der Waals surface area contributed by atoms with Crippen molar-refractivity contribution in [2.24, 2.45) is 14.1 Å². The van der Waals surface area contributed by atoms with Crippen LogP contribution in [0.25, 0.3) is 21.9 Å². The maximum atomic E-state index is 12.6. The minimum Gasteiger partial charge on any atom is -0.383 e. The highest BCUT2D eigenvalue weighted by atomic mass is 16.5. The normalized spacial score (nSPS) is 11.5. The topological polar surface area (TPSA) is 39.4 Å². The van der Waals surface area contributed by atoms with Gasteiger partial charge in [-0.25, -0.2) is 0 Å². The second-order valence-electron chi connectivity index (χ2n) is 5.62. The van der Waals surface area contributed by atoms with Crippen LogP contribution in [0.1, 0.15) is 10.5 Å². The van der Waals surface area contributed by atoms with Gasteiger partial charge in [-0.3, -0.25) is 4.79 Å². The lowest BCUT2D eigenvalue weighted by atomic mass is 10.2. The summed E-state index contributed by atoms with van der Waals surface area (Å²) in [6.45, 7) is 1.12. The zero-order valence-corrected chi connectivity index (χ0v) is 13.5. The molecule has 0 radical (unpaired) electrons. The summed E-state index contributed by atoms with van der Waals surface area (Å²) in [6.07, 6.45) is 0. The van der Waals surface area contributed by atoms with Crippen molar-refractivity contribution in [1.29, 1.82) is 0 Å². The Morgan fingerprint density at radius 1 is 1.18 bits per heavy atom. The van der Waals surface area contributed by atoms with E-state index in [-0.39, 0.29) is 5.91 Å². The first-order valence-corrected chi connectivity index (χ1v) is 7.33. The van der Waals surface area contributed by atoms with Crippen LogP contribution in [-0.4, -0.2) is 47.3 Å². The molecule has 116 valence electrons.